The van der Waals surface area contributed by atoms with Crippen molar-refractivity contribution < 1.29 is 4.48 Å². The van der Waals surface area contributed by atoms with Gasteiger partial charge in [-0.3, -0.25) is 0 Å². The maximum atomic E-state index is 4.94. The lowest BCUT2D eigenvalue weighted by Crippen LogP contribution is -2.50. The summed E-state index contributed by atoms with van der Waals surface area (Å²) in [5.74, 6) is 1.11. The summed E-state index contributed by atoms with van der Waals surface area (Å²) in [6.45, 7) is 2.46. The molecular weight excluding hydrogens is 367 g/mol. The minimum absolute atomic E-state index is 1.03. The predicted octanol–water partition coefficient (Wildman–Crippen LogP) is 4.70. The molecular formula is C15H18IN2S+. The molecule has 100 valence electrons. The van der Waals surface area contributed by atoms with Crippen molar-refractivity contribution in [3.05, 3.63) is 40.1 Å². The fourth-order valence-electron chi connectivity index (χ4n) is 2.90. The van der Waals surface area contributed by atoms with Gasteiger partial charge in [-0.1, -0.05) is 18.2 Å². The Balaban J connectivity index is 1.98. The molecule has 0 amide bonds. The number of rotatable bonds is 1. The van der Waals surface area contributed by atoms with Gasteiger partial charge in [0.1, 0.15) is 5.70 Å². The van der Waals surface area contributed by atoms with Crippen LogP contribution >= 0.6 is 34.4 Å². The fourth-order valence-corrected chi connectivity index (χ4v) is 5.28. The number of aliphatic imine (C=N–C) groups is 1. The highest BCUT2D eigenvalue weighted by Gasteiger charge is 2.45. The molecule has 0 bridgehead atoms. The van der Waals surface area contributed by atoms with E-state index in [4.69, 9.17) is 4.99 Å². The van der Waals surface area contributed by atoms with Crippen LogP contribution in [0.25, 0.3) is 0 Å². The zero-order chi connectivity index (χ0) is 13.1. The van der Waals surface area contributed by atoms with E-state index >= 15 is 0 Å². The van der Waals surface area contributed by atoms with Gasteiger partial charge < -0.3 is 0 Å². The molecule has 0 radical (unpaired) electrons. The Labute approximate surface area is 132 Å². The van der Waals surface area contributed by atoms with Crippen LogP contribution in [0.1, 0.15) is 19.3 Å². The van der Waals surface area contributed by atoms with E-state index in [2.05, 4.69) is 50.9 Å². The molecule has 1 spiro atoms. The van der Waals surface area contributed by atoms with E-state index in [0.717, 1.165) is 15.9 Å². The van der Waals surface area contributed by atoms with E-state index < -0.39 is 0 Å². The minimum atomic E-state index is 1.03. The van der Waals surface area contributed by atoms with Crippen molar-refractivity contribution in [1.29, 1.82) is 0 Å². The second-order valence-corrected chi connectivity index (χ2v) is 6.66. The van der Waals surface area contributed by atoms with Crippen LogP contribution in [0, 0.1) is 0 Å². The molecule has 0 aromatic heterocycles. The smallest absolute Gasteiger partial charge is 0.239 e. The summed E-state index contributed by atoms with van der Waals surface area (Å²) in [4.78, 5) is 4.94. The first-order chi connectivity index (χ1) is 9.35. The number of nitrogens with zero attached hydrogens (tertiary/aromatic N) is 2. The third-order valence-corrected chi connectivity index (χ3v) is 5.81. The summed E-state index contributed by atoms with van der Waals surface area (Å²) in [7, 11) is 0. The van der Waals surface area contributed by atoms with Crippen LogP contribution in [0.4, 0.5) is 5.69 Å². The molecule has 0 atom stereocenters. The van der Waals surface area contributed by atoms with Gasteiger partial charge in [0.25, 0.3) is 5.17 Å². The zero-order valence-electron chi connectivity index (χ0n) is 10.9. The third kappa shape index (κ3) is 2.62. The van der Waals surface area contributed by atoms with Gasteiger partial charge in [0.05, 0.1) is 24.5 Å². The first-order valence-electron chi connectivity index (χ1n) is 6.79. The first-order valence-corrected chi connectivity index (χ1v) is 9.02. The topological polar surface area (TPSA) is 12.4 Å². The average Bonchev–Trinajstić information content (AvgIpc) is 2.79. The molecule has 0 saturated carbocycles. The molecule has 0 unspecified atom stereocenters. The Morgan fingerprint density at radius 3 is 2.53 bits per heavy atom. The fraction of sp³-hybridized carbons (Fsp3) is 0.400. The van der Waals surface area contributed by atoms with Crippen LogP contribution in [0.3, 0.4) is 0 Å². The predicted molar refractivity (Wildman–Crippen MR) is 91.9 cm³/mol. The van der Waals surface area contributed by atoms with Gasteiger partial charge >= 0.3 is 0 Å². The molecule has 1 aromatic carbocycles. The van der Waals surface area contributed by atoms with Gasteiger partial charge in [0.15, 0.2) is 0 Å². The van der Waals surface area contributed by atoms with E-state index in [-0.39, 0.29) is 0 Å². The molecule has 0 aliphatic carbocycles. The lowest BCUT2D eigenvalue weighted by Gasteiger charge is -2.36. The van der Waals surface area contributed by atoms with Gasteiger partial charge in [0, 0.05) is 4.08 Å². The van der Waals surface area contributed by atoms with E-state index in [9.17, 15) is 0 Å². The maximum Gasteiger partial charge on any atom is 0.269 e. The van der Waals surface area contributed by atoms with Crippen LogP contribution in [0.15, 0.2) is 45.1 Å². The van der Waals surface area contributed by atoms with E-state index in [1.165, 1.54) is 37.5 Å². The number of thioether (sulfide) groups is 1. The monoisotopic (exact) mass is 385 g/mol. The van der Waals surface area contributed by atoms with Crippen molar-refractivity contribution in [1.82, 2.24) is 0 Å². The third-order valence-electron chi connectivity index (χ3n) is 3.95. The molecule has 3 rings (SSSR count). The summed E-state index contributed by atoms with van der Waals surface area (Å²) in [5.41, 5.74) is 2.63. The number of para-hydroxylation sites is 1. The van der Waals surface area contributed by atoms with Gasteiger partial charge in [-0.2, -0.15) is 4.99 Å². The highest BCUT2D eigenvalue weighted by molar-refractivity contribution is 14.1. The summed E-state index contributed by atoms with van der Waals surface area (Å²) in [5, 5.41) is 1.30. The second-order valence-electron chi connectivity index (χ2n) is 5.09. The molecule has 19 heavy (non-hydrogen) atoms. The quantitative estimate of drug-likeness (QED) is 0.504. The van der Waals surface area contributed by atoms with Crippen molar-refractivity contribution in [2.75, 3.05) is 18.8 Å². The molecule has 2 fully saturated rings. The van der Waals surface area contributed by atoms with Crippen molar-refractivity contribution >= 4 is 45.2 Å². The Bertz CT molecular complexity index is 504. The number of benzene rings is 1. The van der Waals surface area contributed by atoms with Crippen LogP contribution in [0.2, 0.25) is 0 Å². The Kier molecular flexibility index (Phi) is 4.29. The van der Waals surface area contributed by atoms with Crippen molar-refractivity contribution in [3.63, 3.8) is 0 Å². The maximum absolute atomic E-state index is 4.94. The van der Waals surface area contributed by atoms with E-state index in [1.54, 1.807) is 5.70 Å². The number of piperidine rings is 1. The van der Waals surface area contributed by atoms with Gasteiger partial charge in [-0.05, 0) is 65.7 Å². The standard InChI is InChI=1S/C15H18IN2S/c16-11-14-12-19-15(17-13-7-3-1-4-8-13)18(14)9-5-2-6-10-18/h1,3-4,7-8,11H,2,5-6,9-10,12H2/q+1/b14-11-,17-15?. The Morgan fingerprint density at radius 2 is 1.84 bits per heavy atom. The second kappa shape index (κ2) is 5.97. The van der Waals surface area contributed by atoms with E-state index in [0.29, 0.717) is 0 Å². The molecule has 2 aliphatic heterocycles. The van der Waals surface area contributed by atoms with Crippen LogP contribution < -0.4 is 0 Å². The van der Waals surface area contributed by atoms with Gasteiger partial charge in [-0.15, -0.1) is 0 Å². The molecule has 0 N–H and O–H groups in total. The summed E-state index contributed by atoms with van der Waals surface area (Å²) in [6, 6.07) is 10.4. The molecule has 2 nitrogen and oxygen atoms in total. The number of hydrogen-bond donors (Lipinski definition) is 0. The average molecular weight is 385 g/mol. The number of hydrogen-bond acceptors (Lipinski definition) is 2. The normalized spacial score (nSPS) is 26.4. The van der Waals surface area contributed by atoms with Crippen LogP contribution in [-0.4, -0.2) is 28.5 Å². The van der Waals surface area contributed by atoms with Gasteiger partial charge in [-0.25, -0.2) is 4.48 Å². The summed E-state index contributed by atoms with van der Waals surface area (Å²) in [6.07, 6.45) is 4.02. The Morgan fingerprint density at radius 1 is 1.11 bits per heavy atom. The number of halogens is 1. The lowest BCUT2D eigenvalue weighted by molar-refractivity contribution is -0.801. The van der Waals surface area contributed by atoms with Crippen molar-refractivity contribution in [2.45, 2.75) is 19.3 Å². The molecule has 2 aliphatic rings. The molecule has 4 heteroatoms. The molecule has 2 heterocycles. The largest absolute Gasteiger partial charge is 0.269 e. The van der Waals surface area contributed by atoms with Crippen LogP contribution in [-0.2, 0) is 0 Å². The lowest BCUT2D eigenvalue weighted by atomic mass is 10.1. The minimum Gasteiger partial charge on any atom is -0.239 e. The van der Waals surface area contributed by atoms with Gasteiger partial charge in [0.2, 0.25) is 0 Å². The van der Waals surface area contributed by atoms with Crippen molar-refractivity contribution in [3.8, 4) is 0 Å². The number of amidine groups is 1. The first kappa shape index (κ1) is 13.6. The molecule has 2 saturated heterocycles. The zero-order valence-corrected chi connectivity index (χ0v) is 13.9. The van der Waals surface area contributed by atoms with E-state index in [1.807, 2.05) is 17.8 Å². The number of quaternary nitrogens is 1. The highest BCUT2D eigenvalue weighted by atomic mass is 127. The summed E-state index contributed by atoms with van der Waals surface area (Å²) < 4.78 is 3.31. The molecule has 1 aromatic rings. The Hall–Kier alpha value is -0.330. The van der Waals surface area contributed by atoms with Crippen molar-refractivity contribution in [2.24, 2.45) is 4.99 Å². The SMILES string of the molecule is I/C=C1/CSC(=Nc2ccccc2)[N+]12CCCCC2. The highest BCUT2D eigenvalue weighted by Crippen LogP contribution is 2.40. The van der Waals surface area contributed by atoms with Crippen LogP contribution in [0.5, 0.6) is 0 Å². The summed E-state index contributed by atoms with van der Waals surface area (Å²) >= 11 is 4.32.